The highest BCUT2D eigenvalue weighted by atomic mass is 32.2. The standard InChI is InChI=1S/C9H19NO5S/c1-9(11)15-7-6-10(2,3)5-4-8-16(12,13)14/h4-8H2,1-3H3. The van der Waals surface area contributed by atoms with Crippen molar-refractivity contribution >= 4 is 16.1 Å². The van der Waals surface area contributed by atoms with Crippen LogP contribution in [0.15, 0.2) is 0 Å². The molecule has 0 bridgehead atoms. The van der Waals surface area contributed by atoms with Gasteiger partial charge in [0.15, 0.2) is 0 Å². The van der Waals surface area contributed by atoms with Gasteiger partial charge in [-0.1, -0.05) is 0 Å². The Bertz CT molecular complexity index is 323. The summed E-state index contributed by atoms with van der Waals surface area (Å²) in [4.78, 5) is 10.5. The molecule has 0 radical (unpaired) electrons. The van der Waals surface area contributed by atoms with E-state index in [9.17, 15) is 17.8 Å². The number of rotatable bonds is 7. The van der Waals surface area contributed by atoms with Crippen LogP contribution in [0.1, 0.15) is 13.3 Å². The lowest BCUT2D eigenvalue weighted by atomic mass is 10.4. The van der Waals surface area contributed by atoms with Crippen molar-refractivity contribution < 1.29 is 27.0 Å². The molecule has 0 aromatic carbocycles. The molecule has 0 fully saturated rings. The van der Waals surface area contributed by atoms with E-state index < -0.39 is 10.1 Å². The van der Waals surface area contributed by atoms with Gasteiger partial charge in [-0.2, -0.15) is 0 Å². The van der Waals surface area contributed by atoms with E-state index in [1.54, 1.807) is 0 Å². The lowest BCUT2D eigenvalue weighted by Gasteiger charge is -2.29. The fourth-order valence-electron chi connectivity index (χ4n) is 1.22. The Balaban J connectivity index is 3.82. The summed E-state index contributed by atoms with van der Waals surface area (Å²) < 4.78 is 36.5. The fraction of sp³-hybridized carbons (Fsp3) is 0.889. The van der Waals surface area contributed by atoms with Crippen LogP contribution < -0.4 is 0 Å². The number of nitrogens with zero attached hydrogens (tertiary/aromatic N) is 1. The van der Waals surface area contributed by atoms with Gasteiger partial charge in [-0.15, -0.1) is 0 Å². The molecule has 0 atom stereocenters. The number of esters is 1. The summed E-state index contributed by atoms with van der Waals surface area (Å²) >= 11 is 0. The van der Waals surface area contributed by atoms with Gasteiger partial charge in [-0.25, -0.2) is 8.42 Å². The molecular weight excluding hydrogens is 234 g/mol. The average Bonchev–Trinajstić information content (AvgIpc) is 1.99. The van der Waals surface area contributed by atoms with Crippen LogP contribution in [0.3, 0.4) is 0 Å². The molecule has 0 N–H and O–H groups in total. The van der Waals surface area contributed by atoms with E-state index in [-0.39, 0.29) is 11.7 Å². The molecule has 0 aromatic rings. The second-order valence-corrected chi connectivity index (χ2v) is 5.86. The molecule has 0 saturated heterocycles. The molecule has 0 rings (SSSR count). The predicted octanol–water partition coefficient (Wildman–Crippen LogP) is -0.439. The van der Waals surface area contributed by atoms with Crippen molar-refractivity contribution in [2.24, 2.45) is 0 Å². The highest BCUT2D eigenvalue weighted by Gasteiger charge is 2.15. The van der Waals surface area contributed by atoms with Gasteiger partial charge >= 0.3 is 5.97 Å². The summed E-state index contributed by atoms with van der Waals surface area (Å²) in [6.45, 7) is 2.79. The van der Waals surface area contributed by atoms with Gasteiger partial charge in [0.2, 0.25) is 0 Å². The maximum atomic E-state index is 10.5. The van der Waals surface area contributed by atoms with Crippen LogP contribution in [0.25, 0.3) is 0 Å². The molecule has 6 nitrogen and oxygen atoms in total. The first-order valence-electron chi connectivity index (χ1n) is 5.01. The third-order valence-electron chi connectivity index (χ3n) is 2.16. The summed E-state index contributed by atoms with van der Waals surface area (Å²) in [6.07, 6.45) is 0.318. The minimum Gasteiger partial charge on any atom is -0.748 e. The third kappa shape index (κ3) is 9.88. The van der Waals surface area contributed by atoms with Crippen LogP contribution in [0.5, 0.6) is 0 Å². The monoisotopic (exact) mass is 253 g/mol. The highest BCUT2D eigenvalue weighted by Crippen LogP contribution is 2.01. The summed E-state index contributed by atoms with van der Waals surface area (Å²) in [5, 5.41) is 0. The maximum Gasteiger partial charge on any atom is 0.302 e. The molecule has 0 aliphatic rings. The van der Waals surface area contributed by atoms with E-state index >= 15 is 0 Å². The van der Waals surface area contributed by atoms with E-state index in [2.05, 4.69) is 0 Å². The zero-order chi connectivity index (χ0) is 12.8. The first kappa shape index (κ1) is 15.3. The predicted molar refractivity (Wildman–Crippen MR) is 57.7 cm³/mol. The van der Waals surface area contributed by atoms with Crippen molar-refractivity contribution in [3.63, 3.8) is 0 Å². The Hall–Kier alpha value is -0.660. The topological polar surface area (TPSA) is 83.5 Å². The summed E-state index contributed by atoms with van der Waals surface area (Å²) in [7, 11) is -0.346. The van der Waals surface area contributed by atoms with Gasteiger partial charge in [0.1, 0.15) is 13.2 Å². The number of carbonyl (C=O) groups excluding carboxylic acids is 1. The molecule has 0 aromatic heterocycles. The van der Waals surface area contributed by atoms with Crippen molar-refractivity contribution in [3.05, 3.63) is 0 Å². The highest BCUT2D eigenvalue weighted by molar-refractivity contribution is 7.85. The van der Waals surface area contributed by atoms with Gasteiger partial charge in [0.05, 0.1) is 30.8 Å². The number of likely N-dealkylation sites (N-methyl/N-ethyl adjacent to an activating group) is 1. The number of carbonyl (C=O) groups is 1. The van der Waals surface area contributed by atoms with Crippen molar-refractivity contribution in [3.8, 4) is 0 Å². The van der Waals surface area contributed by atoms with E-state index in [1.165, 1.54) is 6.92 Å². The molecule has 7 heteroatoms. The van der Waals surface area contributed by atoms with E-state index in [0.717, 1.165) is 0 Å². The lowest BCUT2D eigenvalue weighted by Crippen LogP contribution is -2.43. The van der Waals surface area contributed by atoms with E-state index in [0.29, 0.717) is 30.6 Å². The van der Waals surface area contributed by atoms with Crippen LogP contribution in [-0.2, 0) is 19.6 Å². The number of quaternary nitrogens is 1. The summed E-state index contributed by atoms with van der Waals surface area (Å²) in [6, 6.07) is 0. The largest absolute Gasteiger partial charge is 0.748 e. The minimum atomic E-state index is -4.13. The Kier molecular flexibility index (Phi) is 5.91. The van der Waals surface area contributed by atoms with Crippen molar-refractivity contribution in [2.45, 2.75) is 13.3 Å². The third-order valence-corrected chi connectivity index (χ3v) is 2.95. The molecule has 0 aliphatic carbocycles. The van der Waals surface area contributed by atoms with Gasteiger partial charge in [0, 0.05) is 19.1 Å². The first-order valence-corrected chi connectivity index (χ1v) is 6.59. The fourth-order valence-corrected chi connectivity index (χ4v) is 1.70. The molecule has 0 spiro atoms. The summed E-state index contributed by atoms with van der Waals surface area (Å²) in [5.41, 5.74) is 0. The molecular formula is C9H19NO5S. The Labute approximate surface area is 96.5 Å². The Morgan fingerprint density at radius 2 is 1.88 bits per heavy atom. The summed E-state index contributed by atoms with van der Waals surface area (Å²) in [5.74, 6) is -0.676. The van der Waals surface area contributed by atoms with Crippen LogP contribution in [0.4, 0.5) is 0 Å². The van der Waals surface area contributed by atoms with E-state index in [1.807, 2.05) is 14.1 Å². The molecule has 16 heavy (non-hydrogen) atoms. The Morgan fingerprint density at radius 1 is 1.31 bits per heavy atom. The number of hydrogen-bond donors (Lipinski definition) is 0. The van der Waals surface area contributed by atoms with Gasteiger partial charge in [-0.3, -0.25) is 4.79 Å². The molecule has 0 aliphatic heterocycles. The molecule has 0 saturated carbocycles. The lowest BCUT2D eigenvalue weighted by molar-refractivity contribution is -0.890. The van der Waals surface area contributed by atoms with Crippen LogP contribution in [0.2, 0.25) is 0 Å². The van der Waals surface area contributed by atoms with E-state index in [4.69, 9.17) is 4.74 Å². The van der Waals surface area contributed by atoms with Gasteiger partial charge < -0.3 is 13.8 Å². The first-order chi connectivity index (χ1) is 7.12. The molecule has 0 unspecified atom stereocenters. The van der Waals surface area contributed by atoms with Crippen LogP contribution in [0, 0.1) is 0 Å². The van der Waals surface area contributed by atoms with Crippen molar-refractivity contribution in [1.82, 2.24) is 0 Å². The number of hydrogen-bond acceptors (Lipinski definition) is 5. The normalized spacial score (nSPS) is 12.5. The molecule has 0 heterocycles. The molecule has 0 amide bonds. The van der Waals surface area contributed by atoms with Crippen LogP contribution >= 0.6 is 0 Å². The van der Waals surface area contributed by atoms with Crippen molar-refractivity contribution in [1.29, 1.82) is 0 Å². The second-order valence-electron chi connectivity index (χ2n) is 4.34. The van der Waals surface area contributed by atoms with Gasteiger partial charge in [0.25, 0.3) is 0 Å². The maximum absolute atomic E-state index is 10.5. The van der Waals surface area contributed by atoms with Crippen LogP contribution in [-0.4, -0.2) is 63.0 Å². The quantitative estimate of drug-likeness (QED) is 0.349. The van der Waals surface area contributed by atoms with Gasteiger partial charge in [-0.05, 0) is 0 Å². The zero-order valence-corrected chi connectivity index (χ0v) is 10.7. The second kappa shape index (κ2) is 6.17. The Morgan fingerprint density at radius 3 is 2.31 bits per heavy atom. The smallest absolute Gasteiger partial charge is 0.302 e. The zero-order valence-electron chi connectivity index (χ0n) is 9.93. The average molecular weight is 253 g/mol. The minimum absolute atomic E-state index is 0.298. The SMILES string of the molecule is CC(=O)OCC[N+](C)(C)CCCS(=O)(=O)[O-]. The number of ether oxygens (including phenoxy) is 1. The molecule has 96 valence electrons. The van der Waals surface area contributed by atoms with Crippen molar-refractivity contribution in [2.75, 3.05) is 39.5 Å².